The lowest BCUT2D eigenvalue weighted by Gasteiger charge is -2.25. The van der Waals surface area contributed by atoms with Crippen molar-refractivity contribution in [3.63, 3.8) is 0 Å². The van der Waals surface area contributed by atoms with Crippen molar-refractivity contribution >= 4 is 23.1 Å². The number of carbonyl (C=O) groups excluding carboxylic acids is 2. The van der Waals surface area contributed by atoms with Gasteiger partial charge >= 0.3 is 0 Å². The molecule has 4 heterocycles. The van der Waals surface area contributed by atoms with Gasteiger partial charge in [-0.15, -0.1) is 0 Å². The summed E-state index contributed by atoms with van der Waals surface area (Å²) in [4.78, 5) is 36.8. The lowest BCUT2D eigenvalue weighted by atomic mass is 9.93. The first-order valence-corrected chi connectivity index (χ1v) is 12.1. The standard InChI is InChI=1S/C28H29N5O3/c1-18(2)20-8-10-21(11-9-20)25-23(26(34)24-19(3)30-22-7-4-5-14-32(22)24)27(35)28(36)33(25)15-6-13-31-16-12-29-17-31/h4-5,7-12,14,16-18,25,34H,6,13,15H2,1-3H3/b26-23+. The van der Waals surface area contributed by atoms with Crippen LogP contribution in [0, 0.1) is 6.92 Å². The van der Waals surface area contributed by atoms with Gasteiger partial charge in [0.15, 0.2) is 5.76 Å². The van der Waals surface area contributed by atoms with Gasteiger partial charge in [0.1, 0.15) is 11.3 Å². The SMILES string of the molecule is Cc1nc2ccccn2c1/C(O)=C1\C(=O)C(=O)N(CCCn2ccnc2)C1c1ccc(C(C)C)cc1. The molecule has 0 saturated carbocycles. The molecule has 4 aromatic rings. The van der Waals surface area contributed by atoms with Crippen molar-refractivity contribution in [2.24, 2.45) is 0 Å². The summed E-state index contributed by atoms with van der Waals surface area (Å²) in [5.41, 5.74) is 3.70. The first-order chi connectivity index (χ1) is 17.4. The van der Waals surface area contributed by atoms with Crippen LogP contribution in [0.1, 0.15) is 54.7 Å². The maximum Gasteiger partial charge on any atom is 0.295 e. The summed E-state index contributed by atoms with van der Waals surface area (Å²) in [6.45, 7) is 7.04. The third-order valence-electron chi connectivity index (χ3n) is 6.76. The number of likely N-dealkylation sites (tertiary alicyclic amines) is 1. The topological polar surface area (TPSA) is 92.7 Å². The minimum atomic E-state index is -0.692. The summed E-state index contributed by atoms with van der Waals surface area (Å²) in [6, 6.07) is 12.8. The molecule has 3 aromatic heterocycles. The summed E-state index contributed by atoms with van der Waals surface area (Å²) in [7, 11) is 0. The van der Waals surface area contributed by atoms with E-state index in [9.17, 15) is 14.7 Å². The molecule has 1 atom stereocenters. The largest absolute Gasteiger partial charge is 0.505 e. The normalized spacial score (nSPS) is 17.6. The van der Waals surface area contributed by atoms with Gasteiger partial charge in [-0.1, -0.05) is 44.2 Å². The number of Topliss-reactive ketones (excluding diaryl/α,β-unsaturated/α-hetero) is 1. The lowest BCUT2D eigenvalue weighted by Crippen LogP contribution is -2.31. The Morgan fingerprint density at radius 2 is 1.83 bits per heavy atom. The molecule has 1 saturated heterocycles. The molecule has 5 rings (SSSR count). The zero-order valence-corrected chi connectivity index (χ0v) is 20.6. The Morgan fingerprint density at radius 1 is 1.06 bits per heavy atom. The monoisotopic (exact) mass is 483 g/mol. The molecule has 36 heavy (non-hydrogen) atoms. The number of aliphatic hydroxyl groups excluding tert-OH is 1. The summed E-state index contributed by atoms with van der Waals surface area (Å²) in [6.07, 6.45) is 7.73. The van der Waals surface area contributed by atoms with Crippen LogP contribution in [0.5, 0.6) is 0 Å². The highest BCUT2D eigenvalue weighted by Gasteiger charge is 2.46. The van der Waals surface area contributed by atoms with Crippen LogP contribution in [-0.4, -0.2) is 47.2 Å². The zero-order valence-electron chi connectivity index (χ0n) is 20.6. The molecule has 1 fully saturated rings. The molecule has 8 heteroatoms. The van der Waals surface area contributed by atoms with Crippen LogP contribution < -0.4 is 0 Å². The highest BCUT2D eigenvalue weighted by atomic mass is 16.3. The molecule has 0 spiro atoms. The van der Waals surface area contributed by atoms with Crippen molar-refractivity contribution in [3.8, 4) is 0 Å². The molecule has 8 nitrogen and oxygen atoms in total. The predicted octanol–water partition coefficient (Wildman–Crippen LogP) is 4.47. The lowest BCUT2D eigenvalue weighted by molar-refractivity contribution is -0.139. The van der Waals surface area contributed by atoms with Gasteiger partial charge < -0.3 is 14.6 Å². The maximum atomic E-state index is 13.4. The Hall–Kier alpha value is -4.20. The van der Waals surface area contributed by atoms with E-state index in [1.54, 1.807) is 34.9 Å². The molecular weight excluding hydrogens is 454 g/mol. The summed E-state index contributed by atoms with van der Waals surface area (Å²) in [5.74, 6) is -1.15. The van der Waals surface area contributed by atoms with Gasteiger partial charge in [-0.05, 0) is 42.5 Å². The number of carbonyl (C=O) groups is 2. The molecular formula is C28H29N5O3. The third-order valence-corrected chi connectivity index (χ3v) is 6.76. The number of hydrogen-bond donors (Lipinski definition) is 1. The van der Waals surface area contributed by atoms with E-state index in [1.165, 1.54) is 0 Å². The van der Waals surface area contributed by atoms with Gasteiger partial charge in [-0.25, -0.2) is 9.97 Å². The van der Waals surface area contributed by atoms with E-state index in [1.807, 2.05) is 53.2 Å². The van der Waals surface area contributed by atoms with Crippen LogP contribution in [-0.2, 0) is 16.1 Å². The van der Waals surface area contributed by atoms with E-state index >= 15 is 0 Å². The molecule has 0 radical (unpaired) electrons. The van der Waals surface area contributed by atoms with Crippen molar-refractivity contribution in [3.05, 3.63) is 95.5 Å². The second-order valence-electron chi connectivity index (χ2n) is 9.44. The maximum absolute atomic E-state index is 13.4. The van der Waals surface area contributed by atoms with Crippen molar-refractivity contribution in [1.82, 2.24) is 23.8 Å². The number of imidazole rings is 2. The van der Waals surface area contributed by atoms with Crippen LogP contribution in [0.4, 0.5) is 0 Å². The number of aromatic nitrogens is 4. The van der Waals surface area contributed by atoms with Crippen molar-refractivity contribution < 1.29 is 14.7 Å². The first-order valence-electron chi connectivity index (χ1n) is 12.1. The van der Waals surface area contributed by atoms with Crippen LogP contribution in [0.2, 0.25) is 0 Å². The fraction of sp³-hybridized carbons (Fsp3) is 0.286. The number of pyridine rings is 1. The second-order valence-corrected chi connectivity index (χ2v) is 9.44. The Kier molecular flexibility index (Phi) is 6.18. The van der Waals surface area contributed by atoms with E-state index < -0.39 is 17.7 Å². The van der Waals surface area contributed by atoms with Crippen LogP contribution in [0.15, 0.2) is 73.0 Å². The molecule has 184 valence electrons. The van der Waals surface area contributed by atoms with Crippen molar-refractivity contribution in [2.45, 2.75) is 45.7 Å². The van der Waals surface area contributed by atoms with Gasteiger partial charge in [0.05, 0.1) is 23.6 Å². The Labute approximate surface area is 209 Å². The number of benzene rings is 1. The molecule has 1 unspecified atom stereocenters. The van der Waals surface area contributed by atoms with Crippen LogP contribution in [0.3, 0.4) is 0 Å². The molecule has 1 aliphatic heterocycles. The Bertz CT molecular complexity index is 1450. The Balaban J connectivity index is 1.60. The number of hydrogen-bond acceptors (Lipinski definition) is 5. The smallest absolute Gasteiger partial charge is 0.295 e. The number of fused-ring (bicyclic) bond motifs is 1. The molecule has 1 N–H and O–H groups in total. The van der Waals surface area contributed by atoms with Crippen molar-refractivity contribution in [1.29, 1.82) is 0 Å². The van der Waals surface area contributed by atoms with E-state index in [4.69, 9.17) is 0 Å². The molecule has 0 bridgehead atoms. The quantitative estimate of drug-likeness (QED) is 0.238. The number of amides is 1. The van der Waals surface area contributed by atoms with Gasteiger partial charge in [0.2, 0.25) is 0 Å². The van der Waals surface area contributed by atoms with E-state index in [0.29, 0.717) is 42.5 Å². The minimum Gasteiger partial charge on any atom is -0.505 e. The first kappa shape index (κ1) is 23.5. The highest BCUT2D eigenvalue weighted by molar-refractivity contribution is 6.46. The zero-order chi connectivity index (χ0) is 25.4. The van der Waals surface area contributed by atoms with Gasteiger partial charge in [-0.2, -0.15) is 0 Å². The molecule has 1 aromatic carbocycles. The average Bonchev–Trinajstić information content (AvgIpc) is 3.56. The average molecular weight is 484 g/mol. The number of aryl methyl sites for hydroxylation is 2. The highest BCUT2D eigenvalue weighted by Crippen LogP contribution is 2.40. The number of aliphatic hydroxyl groups is 1. The van der Waals surface area contributed by atoms with E-state index in [0.717, 1.165) is 11.1 Å². The van der Waals surface area contributed by atoms with Gasteiger partial charge in [0, 0.05) is 31.7 Å². The number of rotatable bonds is 7. The fourth-order valence-corrected chi connectivity index (χ4v) is 4.89. The summed E-state index contributed by atoms with van der Waals surface area (Å²) >= 11 is 0. The third kappa shape index (κ3) is 4.08. The van der Waals surface area contributed by atoms with Crippen LogP contribution >= 0.6 is 0 Å². The Morgan fingerprint density at radius 3 is 2.53 bits per heavy atom. The summed E-state index contributed by atoms with van der Waals surface area (Å²) in [5, 5.41) is 11.6. The second kappa shape index (κ2) is 9.45. The van der Waals surface area contributed by atoms with E-state index in [-0.39, 0.29) is 11.3 Å². The summed E-state index contributed by atoms with van der Waals surface area (Å²) < 4.78 is 3.68. The van der Waals surface area contributed by atoms with Gasteiger partial charge in [0.25, 0.3) is 11.7 Å². The van der Waals surface area contributed by atoms with Gasteiger partial charge in [-0.3, -0.25) is 14.0 Å². The minimum absolute atomic E-state index is 0.0914. The number of ketones is 1. The molecule has 1 amide bonds. The molecule has 1 aliphatic rings. The van der Waals surface area contributed by atoms with E-state index in [2.05, 4.69) is 23.8 Å². The predicted molar refractivity (Wildman–Crippen MR) is 136 cm³/mol. The number of nitrogens with zero attached hydrogens (tertiary/aromatic N) is 5. The molecule has 0 aliphatic carbocycles. The van der Waals surface area contributed by atoms with Crippen LogP contribution in [0.25, 0.3) is 11.4 Å². The fourth-order valence-electron chi connectivity index (χ4n) is 4.89. The van der Waals surface area contributed by atoms with Crippen molar-refractivity contribution in [2.75, 3.05) is 6.54 Å².